The average molecular weight is 454 g/mol. The van der Waals surface area contributed by atoms with E-state index in [2.05, 4.69) is 25.8 Å². The number of nitrogens with zero attached hydrogens (tertiary/aromatic N) is 6. The number of hydrogen-bond acceptors (Lipinski definition) is 9. The minimum atomic E-state index is -0.748. The van der Waals surface area contributed by atoms with Crippen molar-refractivity contribution in [2.45, 2.75) is 64.0 Å². The molecular formula is C22H27N7O4. The summed E-state index contributed by atoms with van der Waals surface area (Å²) in [7, 11) is 1.83. The van der Waals surface area contributed by atoms with Gasteiger partial charge in [0.2, 0.25) is 5.89 Å². The Morgan fingerprint density at radius 1 is 1.27 bits per heavy atom. The van der Waals surface area contributed by atoms with E-state index in [1.807, 2.05) is 26.1 Å². The lowest BCUT2D eigenvalue weighted by Gasteiger charge is -2.27. The number of carbonyl (C=O) groups is 1. The van der Waals surface area contributed by atoms with E-state index in [1.165, 1.54) is 0 Å². The van der Waals surface area contributed by atoms with Crippen LogP contribution < -0.4 is 10.1 Å². The molecule has 0 aromatic carbocycles. The number of ether oxygens (including phenoxy) is 1. The van der Waals surface area contributed by atoms with Gasteiger partial charge in [-0.3, -0.25) is 4.79 Å². The van der Waals surface area contributed by atoms with Crippen molar-refractivity contribution < 1.29 is 19.2 Å². The number of pyridine rings is 1. The predicted octanol–water partition coefficient (Wildman–Crippen LogP) is 3.08. The smallest absolute Gasteiger partial charge is 0.306 e. The van der Waals surface area contributed by atoms with Gasteiger partial charge >= 0.3 is 5.97 Å². The number of carboxylic acid groups (broad SMARTS) is 1. The Hall–Kier alpha value is -3.50. The second-order valence-electron chi connectivity index (χ2n) is 8.81. The zero-order valence-electron chi connectivity index (χ0n) is 18.7. The van der Waals surface area contributed by atoms with Crippen LogP contribution in [-0.2, 0) is 18.4 Å². The molecule has 0 unspecified atom stereocenters. The van der Waals surface area contributed by atoms with Crippen LogP contribution in [0.4, 0.5) is 5.95 Å². The average Bonchev–Trinajstić information content (AvgIpc) is 3.43. The summed E-state index contributed by atoms with van der Waals surface area (Å²) < 4.78 is 13.1. The van der Waals surface area contributed by atoms with E-state index in [0.717, 1.165) is 37.1 Å². The third kappa shape index (κ3) is 4.67. The Morgan fingerprint density at radius 2 is 2.12 bits per heavy atom. The van der Waals surface area contributed by atoms with Crippen molar-refractivity contribution >= 4 is 11.9 Å². The molecule has 0 aliphatic heterocycles. The molecule has 0 amide bonds. The molecule has 0 spiro atoms. The molecule has 2 aliphatic rings. The summed E-state index contributed by atoms with van der Waals surface area (Å²) in [5.41, 5.74) is 2.91. The normalized spacial score (nSPS) is 20.5. The molecule has 2 N–H and O–H groups in total. The minimum absolute atomic E-state index is 0.113. The first kappa shape index (κ1) is 21.4. The van der Waals surface area contributed by atoms with Crippen LogP contribution in [0.5, 0.6) is 5.75 Å². The second-order valence-corrected chi connectivity index (χ2v) is 8.81. The Morgan fingerprint density at radius 3 is 2.88 bits per heavy atom. The van der Waals surface area contributed by atoms with Crippen molar-refractivity contribution in [2.75, 3.05) is 5.32 Å². The van der Waals surface area contributed by atoms with Gasteiger partial charge in [0.1, 0.15) is 11.4 Å². The number of carboxylic acids is 1. The third-order valence-corrected chi connectivity index (χ3v) is 6.27. The molecule has 174 valence electrons. The summed E-state index contributed by atoms with van der Waals surface area (Å²) in [5, 5.41) is 24.9. The van der Waals surface area contributed by atoms with Gasteiger partial charge in [-0.25, -0.2) is 9.67 Å². The van der Waals surface area contributed by atoms with Crippen molar-refractivity contribution in [2.24, 2.45) is 13.0 Å². The predicted molar refractivity (Wildman–Crippen MR) is 117 cm³/mol. The van der Waals surface area contributed by atoms with Gasteiger partial charge < -0.3 is 19.7 Å². The fourth-order valence-electron chi connectivity index (χ4n) is 4.20. The van der Waals surface area contributed by atoms with Crippen LogP contribution in [0.1, 0.15) is 61.7 Å². The number of anilines is 1. The van der Waals surface area contributed by atoms with Gasteiger partial charge in [-0.15, -0.1) is 5.10 Å². The summed E-state index contributed by atoms with van der Waals surface area (Å²) in [5.74, 6) is 1.11. The SMILES string of the molecule is Cc1nc(-c2nnn(C)c2CNc2noc(C3CC3)n2)ccc1O[C@H]1CCC[C@H](C(=O)O)C1. The lowest BCUT2D eigenvalue weighted by atomic mass is 9.87. The van der Waals surface area contributed by atoms with Gasteiger partial charge in [-0.05, 0) is 62.7 Å². The molecule has 11 heteroatoms. The van der Waals surface area contributed by atoms with Gasteiger partial charge in [0.25, 0.3) is 5.95 Å². The highest BCUT2D eigenvalue weighted by atomic mass is 16.5. The van der Waals surface area contributed by atoms with E-state index in [0.29, 0.717) is 54.3 Å². The standard InChI is InChI=1S/C22H27N7O4/c1-12-18(32-15-5-3-4-14(10-15)21(30)31)9-8-16(24-12)19-17(29(2)28-26-19)11-23-22-25-20(33-27-22)13-6-7-13/h8-9,13-15H,3-7,10-11H2,1-2H3,(H,23,27)(H,30,31)/t14-,15-/m0/s1. The van der Waals surface area contributed by atoms with E-state index in [9.17, 15) is 9.90 Å². The summed E-state index contributed by atoms with van der Waals surface area (Å²) in [6.45, 7) is 2.30. The highest BCUT2D eigenvalue weighted by molar-refractivity contribution is 5.70. The van der Waals surface area contributed by atoms with Crippen molar-refractivity contribution in [3.8, 4) is 17.1 Å². The van der Waals surface area contributed by atoms with Crippen LogP contribution >= 0.6 is 0 Å². The molecule has 0 radical (unpaired) electrons. The molecule has 5 rings (SSSR count). The number of nitrogens with one attached hydrogen (secondary N) is 1. The van der Waals surface area contributed by atoms with Crippen molar-refractivity contribution in [1.29, 1.82) is 0 Å². The number of rotatable bonds is 8. The van der Waals surface area contributed by atoms with Crippen molar-refractivity contribution in [3.05, 3.63) is 29.4 Å². The fraction of sp³-hybridized carbons (Fsp3) is 0.545. The fourth-order valence-corrected chi connectivity index (χ4v) is 4.20. The van der Waals surface area contributed by atoms with Crippen molar-refractivity contribution in [3.63, 3.8) is 0 Å². The molecule has 11 nitrogen and oxygen atoms in total. The summed E-state index contributed by atoms with van der Waals surface area (Å²) in [4.78, 5) is 20.4. The van der Waals surface area contributed by atoms with Crippen LogP contribution in [0.15, 0.2) is 16.7 Å². The zero-order chi connectivity index (χ0) is 22.9. The number of aryl methyl sites for hydroxylation is 2. The molecule has 2 fully saturated rings. The monoisotopic (exact) mass is 453 g/mol. The largest absolute Gasteiger partial charge is 0.489 e. The molecule has 3 aromatic rings. The lowest BCUT2D eigenvalue weighted by Crippen LogP contribution is -2.29. The lowest BCUT2D eigenvalue weighted by molar-refractivity contribution is -0.143. The van der Waals surface area contributed by atoms with E-state index < -0.39 is 5.97 Å². The molecule has 0 saturated heterocycles. The maximum atomic E-state index is 11.3. The highest BCUT2D eigenvalue weighted by Gasteiger charge is 2.30. The van der Waals surface area contributed by atoms with Crippen LogP contribution in [0.3, 0.4) is 0 Å². The molecule has 2 saturated carbocycles. The Kier molecular flexibility index (Phi) is 5.69. The third-order valence-electron chi connectivity index (χ3n) is 6.27. The molecular weight excluding hydrogens is 426 g/mol. The summed E-state index contributed by atoms with van der Waals surface area (Å²) >= 11 is 0. The Labute approximate surface area is 190 Å². The first-order chi connectivity index (χ1) is 16.0. The van der Waals surface area contributed by atoms with Gasteiger partial charge in [0, 0.05) is 13.0 Å². The van der Waals surface area contributed by atoms with Crippen LogP contribution in [0.2, 0.25) is 0 Å². The van der Waals surface area contributed by atoms with Gasteiger partial charge in [0.05, 0.1) is 35.6 Å². The molecule has 2 atom stereocenters. The zero-order valence-corrected chi connectivity index (χ0v) is 18.7. The van der Waals surface area contributed by atoms with Gasteiger partial charge in [-0.1, -0.05) is 5.21 Å². The van der Waals surface area contributed by atoms with Crippen molar-refractivity contribution in [1.82, 2.24) is 30.1 Å². The topological polar surface area (TPSA) is 141 Å². The first-order valence-electron chi connectivity index (χ1n) is 11.3. The van der Waals surface area contributed by atoms with E-state index in [1.54, 1.807) is 4.68 Å². The molecule has 3 heterocycles. The molecule has 2 aliphatic carbocycles. The quantitative estimate of drug-likeness (QED) is 0.522. The van der Waals surface area contributed by atoms with Crippen LogP contribution in [-0.4, -0.2) is 47.3 Å². The van der Waals surface area contributed by atoms with E-state index in [-0.39, 0.29) is 12.0 Å². The molecule has 33 heavy (non-hydrogen) atoms. The number of aromatic nitrogens is 6. The van der Waals surface area contributed by atoms with Crippen LogP contribution in [0, 0.1) is 12.8 Å². The molecule has 3 aromatic heterocycles. The maximum Gasteiger partial charge on any atom is 0.306 e. The second kappa shape index (κ2) is 8.80. The van der Waals surface area contributed by atoms with Gasteiger partial charge in [-0.2, -0.15) is 4.98 Å². The van der Waals surface area contributed by atoms with Gasteiger partial charge in [0.15, 0.2) is 0 Å². The number of hydrogen-bond donors (Lipinski definition) is 2. The van der Waals surface area contributed by atoms with Crippen LogP contribution in [0.25, 0.3) is 11.4 Å². The first-order valence-corrected chi connectivity index (χ1v) is 11.3. The molecule has 0 bridgehead atoms. The van der Waals surface area contributed by atoms with E-state index >= 15 is 0 Å². The number of aliphatic carboxylic acids is 1. The maximum absolute atomic E-state index is 11.3. The Bertz CT molecular complexity index is 1150. The minimum Gasteiger partial charge on any atom is -0.489 e. The Balaban J connectivity index is 1.28. The highest BCUT2D eigenvalue weighted by Crippen LogP contribution is 2.39. The van der Waals surface area contributed by atoms with E-state index in [4.69, 9.17) is 14.2 Å². The summed E-state index contributed by atoms with van der Waals surface area (Å²) in [6, 6.07) is 3.72. The summed E-state index contributed by atoms with van der Waals surface area (Å²) in [6.07, 6.45) is 5.02.